The molecule has 7 heteroatoms. The third kappa shape index (κ3) is 6.12. The zero-order valence-corrected chi connectivity index (χ0v) is 33.7. The van der Waals surface area contributed by atoms with Crippen molar-refractivity contribution in [2.75, 3.05) is 7.11 Å². The molecule has 1 amide bonds. The molecule has 5 saturated carbocycles. The predicted molar refractivity (Wildman–Crippen MR) is 204 cm³/mol. The maximum Gasteiger partial charge on any atom is 0.309 e. The number of benzene rings is 1. The number of ether oxygens (including phenoxy) is 2. The van der Waals surface area contributed by atoms with Gasteiger partial charge in [0.15, 0.2) is 0 Å². The topological polar surface area (TPSA) is 102 Å². The first-order valence-corrected chi connectivity index (χ1v) is 20.2. The SMILES string of the molecule is C=C(C)[C@@H]1CC[C@]2(CC(=O)NCc3ccccc3OC)CC[C@]3(C)[C@H](CC[C@@H]4[C@@]5(C)CC[C@H](OC(=O)CC(C)(C)C(=O)O)C(C)(C)[C@@H]5CC[C@]43C)[C@@H]12. The predicted octanol–water partition coefficient (Wildman–Crippen LogP) is 9.77. The summed E-state index contributed by atoms with van der Waals surface area (Å²) in [5.41, 5.74) is 1.41. The van der Waals surface area contributed by atoms with E-state index in [9.17, 15) is 19.5 Å². The van der Waals surface area contributed by atoms with Crippen LogP contribution in [-0.2, 0) is 25.7 Å². The number of carbonyl (C=O) groups excluding carboxylic acids is 2. The van der Waals surface area contributed by atoms with E-state index >= 15 is 0 Å². The second-order valence-corrected chi connectivity index (χ2v) is 20.0. The fourth-order valence-electron chi connectivity index (χ4n) is 13.8. The summed E-state index contributed by atoms with van der Waals surface area (Å²) in [5, 5.41) is 12.9. The Morgan fingerprint density at radius 3 is 2.29 bits per heavy atom. The number of amides is 1. The van der Waals surface area contributed by atoms with Gasteiger partial charge < -0.3 is 19.9 Å². The van der Waals surface area contributed by atoms with E-state index in [-0.39, 0.29) is 45.5 Å². The third-order valence-corrected chi connectivity index (χ3v) is 16.8. The number of fused-ring (bicyclic) bond motifs is 7. The first-order valence-electron chi connectivity index (χ1n) is 20.2. The Morgan fingerprint density at radius 2 is 1.62 bits per heavy atom. The second kappa shape index (κ2) is 13.5. The number of aliphatic carboxylic acids is 1. The summed E-state index contributed by atoms with van der Waals surface area (Å²) < 4.78 is 11.7. The quantitative estimate of drug-likeness (QED) is 0.185. The van der Waals surface area contributed by atoms with E-state index in [0.29, 0.717) is 42.6 Å². The van der Waals surface area contributed by atoms with Crippen LogP contribution in [0.2, 0.25) is 0 Å². The van der Waals surface area contributed by atoms with Gasteiger partial charge in [-0.05, 0) is 142 Å². The molecule has 52 heavy (non-hydrogen) atoms. The third-order valence-electron chi connectivity index (χ3n) is 16.8. The number of rotatable bonds is 10. The Morgan fingerprint density at radius 1 is 0.904 bits per heavy atom. The molecule has 288 valence electrons. The second-order valence-electron chi connectivity index (χ2n) is 20.0. The summed E-state index contributed by atoms with van der Waals surface area (Å²) >= 11 is 0. The smallest absolute Gasteiger partial charge is 0.309 e. The molecule has 2 N–H and O–H groups in total. The minimum atomic E-state index is -1.15. The number of methoxy groups -OCH3 is 1. The van der Waals surface area contributed by atoms with Gasteiger partial charge in [0.1, 0.15) is 11.9 Å². The molecule has 0 heterocycles. The number of esters is 1. The zero-order valence-electron chi connectivity index (χ0n) is 33.7. The number of para-hydroxylation sites is 1. The van der Waals surface area contributed by atoms with Crippen molar-refractivity contribution in [3.63, 3.8) is 0 Å². The summed E-state index contributed by atoms with van der Waals surface area (Å²) in [7, 11) is 1.68. The van der Waals surface area contributed by atoms with Crippen molar-refractivity contribution in [1.29, 1.82) is 0 Å². The molecule has 6 rings (SSSR count). The van der Waals surface area contributed by atoms with Crippen molar-refractivity contribution in [2.45, 2.75) is 145 Å². The van der Waals surface area contributed by atoms with Crippen molar-refractivity contribution in [1.82, 2.24) is 5.32 Å². The molecule has 0 unspecified atom stereocenters. The van der Waals surface area contributed by atoms with Crippen LogP contribution in [0, 0.1) is 62.1 Å². The van der Waals surface area contributed by atoms with Gasteiger partial charge in [0.2, 0.25) is 5.91 Å². The maximum absolute atomic E-state index is 13.8. The van der Waals surface area contributed by atoms with Gasteiger partial charge in [-0.2, -0.15) is 0 Å². The van der Waals surface area contributed by atoms with Gasteiger partial charge in [-0.25, -0.2) is 0 Å². The highest BCUT2D eigenvalue weighted by Gasteiger charge is 2.71. The average Bonchev–Trinajstić information content (AvgIpc) is 3.45. The summed E-state index contributed by atoms with van der Waals surface area (Å²) in [4.78, 5) is 38.7. The van der Waals surface area contributed by atoms with E-state index in [1.54, 1.807) is 21.0 Å². The van der Waals surface area contributed by atoms with Crippen LogP contribution in [0.15, 0.2) is 36.4 Å². The van der Waals surface area contributed by atoms with Crippen LogP contribution in [-0.4, -0.2) is 36.2 Å². The van der Waals surface area contributed by atoms with E-state index in [1.165, 1.54) is 18.4 Å². The normalized spacial score (nSPS) is 39.2. The maximum atomic E-state index is 13.8. The summed E-state index contributed by atoms with van der Waals surface area (Å²) in [6.07, 6.45) is 11.3. The molecule has 0 spiro atoms. The van der Waals surface area contributed by atoms with Gasteiger partial charge in [-0.3, -0.25) is 14.4 Å². The Kier molecular flexibility index (Phi) is 10.1. The van der Waals surface area contributed by atoms with Crippen LogP contribution in [0.4, 0.5) is 0 Å². The van der Waals surface area contributed by atoms with Crippen LogP contribution in [0.5, 0.6) is 5.75 Å². The minimum absolute atomic E-state index is 0.00207. The Hall–Kier alpha value is -2.83. The van der Waals surface area contributed by atoms with Crippen molar-refractivity contribution in [2.24, 2.45) is 62.1 Å². The van der Waals surface area contributed by atoms with Crippen molar-refractivity contribution < 1.29 is 29.0 Å². The van der Waals surface area contributed by atoms with Gasteiger partial charge in [-0.15, -0.1) is 0 Å². The lowest BCUT2D eigenvalue weighted by Gasteiger charge is -2.73. The van der Waals surface area contributed by atoms with Crippen LogP contribution in [0.1, 0.15) is 138 Å². The van der Waals surface area contributed by atoms with Gasteiger partial charge >= 0.3 is 11.9 Å². The molecule has 10 atom stereocenters. The highest BCUT2D eigenvalue weighted by atomic mass is 16.5. The van der Waals surface area contributed by atoms with Gasteiger partial charge in [-0.1, -0.05) is 65.0 Å². The van der Waals surface area contributed by atoms with Crippen LogP contribution < -0.4 is 10.1 Å². The van der Waals surface area contributed by atoms with Crippen molar-refractivity contribution in [3.05, 3.63) is 42.0 Å². The lowest BCUT2D eigenvalue weighted by Crippen LogP contribution is -2.67. The number of carboxylic acid groups (broad SMARTS) is 1. The summed E-state index contributed by atoms with van der Waals surface area (Å²) in [6.45, 7) is 22.9. The lowest BCUT2D eigenvalue weighted by molar-refractivity contribution is -0.250. The van der Waals surface area contributed by atoms with Crippen LogP contribution in [0.25, 0.3) is 0 Å². The Bertz CT molecular complexity index is 1580. The molecule has 1 aromatic rings. The van der Waals surface area contributed by atoms with Crippen LogP contribution in [0.3, 0.4) is 0 Å². The average molecular weight is 718 g/mol. The molecular weight excluding hydrogens is 650 g/mol. The summed E-state index contributed by atoms with van der Waals surface area (Å²) in [5.74, 6) is 2.05. The molecule has 5 aliphatic carbocycles. The van der Waals surface area contributed by atoms with Gasteiger partial charge in [0.05, 0.1) is 18.9 Å². The highest BCUT2D eigenvalue weighted by Crippen LogP contribution is 2.78. The number of carbonyl (C=O) groups is 3. The monoisotopic (exact) mass is 717 g/mol. The molecule has 5 aliphatic rings. The molecule has 7 nitrogen and oxygen atoms in total. The number of allylic oxidation sites excluding steroid dienone is 1. The Labute approximate surface area is 313 Å². The molecule has 1 aromatic carbocycles. The molecular formula is C45H67NO6. The Balaban J connectivity index is 1.22. The number of carboxylic acids is 1. The standard InChI is InChI=1S/C45H67NO6/c1-28(2)30-17-22-45(25-36(47)46-27-29-13-11-12-14-32(29)51-10)24-23-43(8)31(38(30)45)15-16-34-42(7)20-19-35(52-37(48)26-40(3,4)39(49)50)41(5,6)33(42)18-21-44(34,43)9/h11-14,30-31,33-35,38H,1,15-27H2,2-10H3,(H,46,47)(H,49,50)/t30-,31+,33-,34+,35-,38+,42-,43+,44+,45+/m0/s1. The number of nitrogens with one attached hydrogen (secondary N) is 1. The number of hydrogen-bond donors (Lipinski definition) is 2. The molecule has 0 saturated heterocycles. The number of hydrogen-bond acceptors (Lipinski definition) is 5. The fourth-order valence-corrected chi connectivity index (χ4v) is 13.8. The van der Waals surface area contributed by atoms with Gasteiger partial charge in [0, 0.05) is 23.9 Å². The van der Waals surface area contributed by atoms with E-state index in [0.717, 1.165) is 62.7 Å². The van der Waals surface area contributed by atoms with Gasteiger partial charge in [0.25, 0.3) is 0 Å². The van der Waals surface area contributed by atoms with E-state index < -0.39 is 17.4 Å². The van der Waals surface area contributed by atoms with E-state index in [1.807, 2.05) is 24.3 Å². The van der Waals surface area contributed by atoms with E-state index in [2.05, 4.69) is 53.4 Å². The first-order chi connectivity index (χ1) is 24.3. The first kappa shape index (κ1) is 38.9. The largest absolute Gasteiger partial charge is 0.496 e. The molecule has 0 aliphatic heterocycles. The fraction of sp³-hybridized carbons (Fsp3) is 0.756. The van der Waals surface area contributed by atoms with Crippen molar-refractivity contribution in [3.8, 4) is 5.75 Å². The van der Waals surface area contributed by atoms with Crippen molar-refractivity contribution >= 4 is 17.8 Å². The minimum Gasteiger partial charge on any atom is -0.496 e. The van der Waals surface area contributed by atoms with E-state index in [4.69, 9.17) is 9.47 Å². The highest BCUT2D eigenvalue weighted by molar-refractivity contribution is 5.81. The molecule has 0 bridgehead atoms. The summed E-state index contributed by atoms with van der Waals surface area (Å²) in [6, 6.07) is 7.93. The lowest BCUT2D eigenvalue weighted by atomic mass is 9.32. The molecule has 5 fully saturated rings. The van der Waals surface area contributed by atoms with Crippen LogP contribution >= 0.6 is 0 Å². The molecule has 0 radical (unpaired) electrons. The molecule has 0 aromatic heterocycles. The zero-order chi connectivity index (χ0) is 38.1.